The third-order valence-electron chi connectivity index (χ3n) is 2.97. The zero-order valence-corrected chi connectivity index (χ0v) is 17.1. The lowest BCUT2D eigenvalue weighted by atomic mass is 10.3. The minimum absolute atomic E-state index is 0.186. The molecule has 0 bridgehead atoms. The Labute approximate surface area is 159 Å². The van der Waals surface area contributed by atoms with Crippen molar-refractivity contribution in [1.82, 2.24) is 9.97 Å². The molecular weight excluding hydrogens is 428 g/mol. The SMILES string of the molecule is CCOC(=O)N=[S@@](C)(=O)c1ccc(Nc2ncc(Br)c(SC)n2)cc1. The molecule has 0 saturated carbocycles. The topological polar surface area (TPSA) is 93.5 Å². The van der Waals surface area contributed by atoms with Crippen LogP contribution in [0.15, 0.2) is 49.2 Å². The van der Waals surface area contributed by atoms with Gasteiger partial charge in [0, 0.05) is 23.0 Å². The molecule has 0 aliphatic carbocycles. The molecule has 0 spiro atoms. The Morgan fingerprint density at radius 3 is 2.68 bits per heavy atom. The van der Waals surface area contributed by atoms with Crippen molar-refractivity contribution in [3.63, 3.8) is 0 Å². The number of hydrogen-bond donors (Lipinski definition) is 1. The Kier molecular flexibility index (Phi) is 6.79. The molecule has 25 heavy (non-hydrogen) atoms. The van der Waals surface area contributed by atoms with E-state index < -0.39 is 15.8 Å². The van der Waals surface area contributed by atoms with Gasteiger partial charge in [-0.2, -0.15) is 0 Å². The van der Waals surface area contributed by atoms with Crippen molar-refractivity contribution in [1.29, 1.82) is 0 Å². The Morgan fingerprint density at radius 1 is 1.40 bits per heavy atom. The summed E-state index contributed by atoms with van der Waals surface area (Å²) in [5.74, 6) is 0.453. The third kappa shape index (κ3) is 5.41. The molecule has 0 saturated heterocycles. The van der Waals surface area contributed by atoms with Gasteiger partial charge in [-0.25, -0.2) is 19.0 Å². The van der Waals surface area contributed by atoms with Crippen molar-refractivity contribution in [2.45, 2.75) is 16.8 Å². The minimum Gasteiger partial charge on any atom is -0.448 e. The lowest BCUT2D eigenvalue weighted by molar-refractivity contribution is 0.164. The summed E-state index contributed by atoms with van der Waals surface area (Å²) in [6.45, 7) is 1.85. The van der Waals surface area contributed by atoms with E-state index in [-0.39, 0.29) is 6.61 Å². The fourth-order valence-corrected chi connectivity index (χ4v) is 4.01. The average Bonchev–Trinajstić information content (AvgIpc) is 2.57. The van der Waals surface area contributed by atoms with Crippen molar-refractivity contribution in [3.05, 3.63) is 34.9 Å². The fraction of sp³-hybridized carbons (Fsp3) is 0.267. The summed E-state index contributed by atoms with van der Waals surface area (Å²) in [7, 11) is -2.86. The van der Waals surface area contributed by atoms with Crippen LogP contribution in [0.4, 0.5) is 16.4 Å². The van der Waals surface area contributed by atoms with Gasteiger partial charge in [0.05, 0.1) is 20.8 Å². The normalized spacial score (nSPS) is 13.0. The molecule has 0 radical (unpaired) electrons. The van der Waals surface area contributed by atoms with Crippen LogP contribution in [0.2, 0.25) is 0 Å². The zero-order valence-electron chi connectivity index (χ0n) is 13.9. The van der Waals surface area contributed by atoms with Gasteiger partial charge in [-0.15, -0.1) is 16.1 Å². The highest BCUT2D eigenvalue weighted by Crippen LogP contribution is 2.25. The monoisotopic (exact) mass is 444 g/mol. The number of nitrogens with zero attached hydrogens (tertiary/aromatic N) is 3. The maximum absolute atomic E-state index is 12.5. The van der Waals surface area contributed by atoms with Gasteiger partial charge < -0.3 is 10.1 Å². The summed E-state index contributed by atoms with van der Waals surface area (Å²) in [4.78, 5) is 20.4. The first kappa shape index (κ1) is 19.7. The summed E-state index contributed by atoms with van der Waals surface area (Å²) < 4.78 is 21.7. The molecule has 2 rings (SSSR count). The van der Waals surface area contributed by atoms with Crippen LogP contribution in [0.3, 0.4) is 0 Å². The smallest absolute Gasteiger partial charge is 0.442 e. The van der Waals surface area contributed by atoms with E-state index in [9.17, 15) is 9.00 Å². The lowest BCUT2D eigenvalue weighted by Gasteiger charge is -2.08. The number of aromatic nitrogens is 2. The number of benzene rings is 1. The molecule has 0 fully saturated rings. The first-order valence-electron chi connectivity index (χ1n) is 7.18. The third-order valence-corrected chi connectivity index (χ3v) is 6.15. The molecule has 1 amide bonds. The van der Waals surface area contributed by atoms with E-state index in [1.54, 1.807) is 37.4 Å². The maximum Gasteiger partial charge on any atom is 0.442 e. The molecule has 1 aromatic heterocycles. The Bertz CT molecular complexity index is 881. The van der Waals surface area contributed by atoms with Crippen LogP contribution in [0, 0.1) is 0 Å². The van der Waals surface area contributed by atoms with E-state index in [2.05, 4.69) is 35.6 Å². The van der Waals surface area contributed by atoms with Crippen LogP contribution in [0.1, 0.15) is 6.92 Å². The number of anilines is 2. The molecule has 134 valence electrons. The van der Waals surface area contributed by atoms with Gasteiger partial charge in [0.1, 0.15) is 5.03 Å². The van der Waals surface area contributed by atoms with Gasteiger partial charge in [-0.05, 0) is 53.4 Å². The molecule has 1 N–H and O–H groups in total. The van der Waals surface area contributed by atoms with Crippen LogP contribution >= 0.6 is 27.7 Å². The van der Waals surface area contributed by atoms with Crippen molar-refractivity contribution < 1.29 is 13.7 Å². The molecule has 7 nitrogen and oxygen atoms in total. The quantitative estimate of drug-likeness (QED) is 0.541. The van der Waals surface area contributed by atoms with Crippen LogP contribution in [-0.4, -0.2) is 39.4 Å². The molecular formula is C15H17BrN4O3S2. The first-order chi connectivity index (χ1) is 11.9. The number of amides is 1. The van der Waals surface area contributed by atoms with Gasteiger partial charge >= 0.3 is 6.09 Å². The number of ether oxygens (including phenoxy) is 1. The van der Waals surface area contributed by atoms with Crippen LogP contribution in [0.25, 0.3) is 0 Å². The summed E-state index contributed by atoms with van der Waals surface area (Å²) >= 11 is 4.89. The fourth-order valence-electron chi connectivity index (χ4n) is 1.82. The molecule has 1 atom stereocenters. The number of nitrogens with one attached hydrogen (secondary N) is 1. The van der Waals surface area contributed by atoms with Gasteiger partial charge in [-0.3, -0.25) is 0 Å². The summed E-state index contributed by atoms with van der Waals surface area (Å²) in [6, 6.07) is 6.73. The highest BCUT2D eigenvalue weighted by atomic mass is 79.9. The molecule has 1 heterocycles. The minimum atomic E-state index is -2.86. The predicted molar refractivity (Wildman–Crippen MR) is 103 cm³/mol. The van der Waals surface area contributed by atoms with Gasteiger partial charge in [0.15, 0.2) is 0 Å². The van der Waals surface area contributed by atoms with E-state index in [1.807, 2.05) is 6.26 Å². The average molecular weight is 445 g/mol. The second-order valence-corrected chi connectivity index (χ2v) is 8.70. The predicted octanol–water partition coefficient (Wildman–Crippen LogP) is 4.32. The zero-order chi connectivity index (χ0) is 18.4. The number of carbonyl (C=O) groups excluding carboxylic acids is 1. The van der Waals surface area contributed by atoms with Crippen molar-refractivity contribution in [3.8, 4) is 0 Å². The van der Waals surface area contributed by atoms with E-state index in [0.717, 1.165) is 15.2 Å². The lowest BCUT2D eigenvalue weighted by Crippen LogP contribution is -2.05. The Hall–Kier alpha value is -1.65. The number of thioether (sulfide) groups is 1. The van der Waals surface area contributed by atoms with Crippen molar-refractivity contribution >= 4 is 55.1 Å². The molecule has 2 aromatic rings. The largest absolute Gasteiger partial charge is 0.448 e. The number of carbonyl (C=O) groups is 1. The van der Waals surface area contributed by atoms with E-state index in [1.165, 1.54) is 18.0 Å². The molecule has 1 aromatic carbocycles. The van der Waals surface area contributed by atoms with Crippen molar-refractivity contribution in [2.24, 2.45) is 4.36 Å². The van der Waals surface area contributed by atoms with Crippen molar-refractivity contribution in [2.75, 3.05) is 24.4 Å². The highest BCUT2D eigenvalue weighted by molar-refractivity contribution is 9.10. The Morgan fingerprint density at radius 2 is 2.08 bits per heavy atom. The second-order valence-electron chi connectivity index (χ2n) is 4.79. The summed E-state index contributed by atoms with van der Waals surface area (Å²) in [6.07, 6.45) is 4.17. The molecule has 0 unspecified atom stereocenters. The maximum atomic E-state index is 12.5. The summed E-state index contributed by atoms with van der Waals surface area (Å²) in [5, 5.41) is 3.89. The van der Waals surface area contributed by atoms with Crippen LogP contribution in [0.5, 0.6) is 0 Å². The highest BCUT2D eigenvalue weighted by Gasteiger charge is 2.10. The number of halogens is 1. The van der Waals surface area contributed by atoms with Gasteiger partial charge in [-0.1, -0.05) is 0 Å². The standard InChI is InChI=1S/C15H17BrN4O3S2/c1-4-23-15(21)20-25(3,22)11-7-5-10(6-8-11)18-14-17-9-12(16)13(19-14)24-2/h5-9H,4H2,1-3H3,(H,17,18,19)/t25-/m0/s1. The first-order valence-corrected chi connectivity index (χ1v) is 11.1. The number of hydrogen-bond acceptors (Lipinski definition) is 7. The second kappa shape index (κ2) is 8.63. The van der Waals surface area contributed by atoms with E-state index in [4.69, 9.17) is 4.74 Å². The van der Waals surface area contributed by atoms with Gasteiger partial charge in [0.25, 0.3) is 0 Å². The molecule has 10 heteroatoms. The van der Waals surface area contributed by atoms with Gasteiger partial charge in [0.2, 0.25) is 5.95 Å². The van der Waals surface area contributed by atoms with E-state index in [0.29, 0.717) is 10.8 Å². The number of rotatable bonds is 5. The summed E-state index contributed by atoms with van der Waals surface area (Å²) in [5.41, 5.74) is 0.726. The van der Waals surface area contributed by atoms with Crippen LogP contribution < -0.4 is 5.32 Å². The Balaban J connectivity index is 2.20. The molecule has 0 aliphatic rings. The molecule has 0 aliphatic heterocycles. The van der Waals surface area contributed by atoms with Crippen LogP contribution in [-0.2, 0) is 14.5 Å². The van der Waals surface area contributed by atoms with E-state index >= 15 is 0 Å².